The zero-order valence-electron chi connectivity index (χ0n) is 12.0. The molecule has 1 saturated carbocycles. The zero-order chi connectivity index (χ0) is 15.7. The molecule has 6 nitrogen and oxygen atoms in total. The van der Waals surface area contributed by atoms with Crippen LogP contribution in [0.2, 0.25) is 0 Å². The number of fused-ring (bicyclic) bond motifs is 1. The number of nitro benzene ring substituents is 1. The van der Waals surface area contributed by atoms with Crippen molar-refractivity contribution in [3.8, 4) is 0 Å². The molecule has 3 N–H and O–H groups in total. The van der Waals surface area contributed by atoms with Gasteiger partial charge in [-0.25, -0.2) is 0 Å². The third-order valence-corrected chi connectivity index (χ3v) is 5.38. The molecule has 0 saturated heterocycles. The van der Waals surface area contributed by atoms with Gasteiger partial charge in [0.1, 0.15) is 0 Å². The maximum absolute atomic E-state index is 12.5. The molecule has 0 spiro atoms. The van der Waals surface area contributed by atoms with E-state index in [1.807, 2.05) is 0 Å². The molecular formula is C15H17N3O3S. The van der Waals surface area contributed by atoms with Crippen molar-refractivity contribution in [3.63, 3.8) is 0 Å². The third-order valence-electron chi connectivity index (χ3n) is 4.26. The summed E-state index contributed by atoms with van der Waals surface area (Å²) in [7, 11) is 0. The van der Waals surface area contributed by atoms with Crippen LogP contribution in [0.15, 0.2) is 24.3 Å². The highest BCUT2D eigenvalue weighted by Crippen LogP contribution is 2.32. The van der Waals surface area contributed by atoms with E-state index < -0.39 is 4.92 Å². The molecule has 0 radical (unpaired) electrons. The van der Waals surface area contributed by atoms with E-state index in [0.717, 1.165) is 35.8 Å². The van der Waals surface area contributed by atoms with Gasteiger partial charge in [-0.3, -0.25) is 14.9 Å². The lowest BCUT2D eigenvalue weighted by Crippen LogP contribution is -2.51. The molecule has 1 fully saturated rings. The molecule has 0 aliphatic heterocycles. The maximum Gasteiger partial charge on any atom is 0.270 e. The summed E-state index contributed by atoms with van der Waals surface area (Å²) in [6.45, 7) is 0.440. The lowest BCUT2D eigenvalue weighted by molar-refractivity contribution is -0.384. The zero-order valence-corrected chi connectivity index (χ0v) is 12.8. The number of nitro groups is 1. The molecule has 0 unspecified atom stereocenters. The minimum atomic E-state index is -0.432. The number of nitrogens with two attached hydrogens (primary N) is 1. The van der Waals surface area contributed by atoms with Crippen molar-refractivity contribution in [1.82, 2.24) is 5.32 Å². The summed E-state index contributed by atoms with van der Waals surface area (Å²) < 4.78 is 0.865. The number of amides is 1. The second kappa shape index (κ2) is 5.66. The third kappa shape index (κ3) is 2.69. The Bertz CT molecular complexity index is 735. The molecule has 116 valence electrons. The molecule has 0 bridgehead atoms. The van der Waals surface area contributed by atoms with Crippen molar-refractivity contribution in [2.75, 3.05) is 6.54 Å². The van der Waals surface area contributed by atoms with Crippen molar-refractivity contribution in [2.45, 2.75) is 31.2 Å². The molecule has 1 heterocycles. The van der Waals surface area contributed by atoms with Crippen LogP contribution in [-0.2, 0) is 0 Å². The number of nitrogens with one attached hydrogen (secondary N) is 1. The Morgan fingerprint density at radius 3 is 2.73 bits per heavy atom. The first kappa shape index (κ1) is 14.9. The average Bonchev–Trinajstić information content (AvgIpc) is 3.13. The van der Waals surface area contributed by atoms with Gasteiger partial charge in [-0.05, 0) is 25.0 Å². The second-order valence-electron chi connectivity index (χ2n) is 5.74. The first-order valence-electron chi connectivity index (χ1n) is 7.24. The smallest absolute Gasteiger partial charge is 0.270 e. The van der Waals surface area contributed by atoms with Crippen molar-refractivity contribution in [1.29, 1.82) is 0 Å². The summed E-state index contributed by atoms with van der Waals surface area (Å²) >= 11 is 1.34. The summed E-state index contributed by atoms with van der Waals surface area (Å²) in [6.07, 6.45) is 3.98. The minimum absolute atomic E-state index is 0.0338. The number of thiophene rings is 1. The largest absolute Gasteiger partial charge is 0.345 e. The molecule has 1 aliphatic rings. The number of rotatable bonds is 4. The van der Waals surface area contributed by atoms with Crippen LogP contribution in [0.25, 0.3) is 10.1 Å². The summed E-state index contributed by atoms with van der Waals surface area (Å²) in [6, 6.07) is 6.35. The Hall–Kier alpha value is -1.99. The van der Waals surface area contributed by atoms with Gasteiger partial charge in [0.15, 0.2) is 0 Å². The molecule has 22 heavy (non-hydrogen) atoms. The number of carbonyl (C=O) groups is 1. The quantitative estimate of drug-likeness (QED) is 0.668. The molecule has 1 aliphatic carbocycles. The van der Waals surface area contributed by atoms with Crippen LogP contribution >= 0.6 is 11.3 Å². The summed E-state index contributed by atoms with van der Waals surface area (Å²) in [4.78, 5) is 23.4. The van der Waals surface area contributed by atoms with E-state index >= 15 is 0 Å². The fraction of sp³-hybridized carbons (Fsp3) is 0.400. The van der Waals surface area contributed by atoms with Gasteiger partial charge in [0, 0.05) is 28.8 Å². The van der Waals surface area contributed by atoms with Crippen LogP contribution in [0, 0.1) is 10.1 Å². The van der Waals surface area contributed by atoms with E-state index in [1.165, 1.54) is 23.5 Å². The van der Waals surface area contributed by atoms with Crippen molar-refractivity contribution < 1.29 is 9.72 Å². The number of hydrogen-bond acceptors (Lipinski definition) is 5. The highest BCUT2D eigenvalue weighted by atomic mass is 32.1. The summed E-state index contributed by atoms with van der Waals surface area (Å²) in [5.41, 5.74) is 5.58. The molecule has 0 atom stereocenters. The Labute approximate surface area is 131 Å². The lowest BCUT2D eigenvalue weighted by atomic mass is 9.98. The normalized spacial score (nSPS) is 16.8. The number of benzene rings is 1. The second-order valence-corrected chi connectivity index (χ2v) is 6.82. The van der Waals surface area contributed by atoms with Crippen molar-refractivity contribution in [2.24, 2.45) is 5.73 Å². The molecular weight excluding hydrogens is 302 g/mol. The molecule has 1 aromatic heterocycles. The Morgan fingerprint density at radius 1 is 1.36 bits per heavy atom. The van der Waals surface area contributed by atoms with E-state index in [9.17, 15) is 14.9 Å². The van der Waals surface area contributed by atoms with Gasteiger partial charge in [0.05, 0.1) is 15.3 Å². The Kier molecular flexibility index (Phi) is 3.84. The monoisotopic (exact) mass is 319 g/mol. The topological polar surface area (TPSA) is 98.3 Å². The van der Waals surface area contributed by atoms with Crippen LogP contribution in [0.5, 0.6) is 0 Å². The lowest BCUT2D eigenvalue weighted by Gasteiger charge is -2.28. The van der Waals surface area contributed by atoms with E-state index in [0.29, 0.717) is 11.4 Å². The van der Waals surface area contributed by atoms with E-state index in [-0.39, 0.29) is 17.1 Å². The van der Waals surface area contributed by atoms with Crippen LogP contribution in [-0.4, -0.2) is 22.9 Å². The standard InChI is InChI=1S/C15H17N3O3S/c16-9-15(5-1-2-6-15)17-14(19)13-8-10-7-11(18(20)21)3-4-12(10)22-13/h3-4,7-8H,1-2,5-6,9,16H2,(H,17,19). The molecule has 7 heteroatoms. The van der Waals surface area contributed by atoms with E-state index in [4.69, 9.17) is 5.73 Å². The molecule has 1 amide bonds. The van der Waals surface area contributed by atoms with Crippen molar-refractivity contribution in [3.05, 3.63) is 39.3 Å². The van der Waals surface area contributed by atoms with Gasteiger partial charge in [-0.1, -0.05) is 12.8 Å². The number of nitrogens with zero attached hydrogens (tertiary/aromatic N) is 1. The molecule has 1 aromatic carbocycles. The number of non-ortho nitro benzene ring substituents is 1. The SMILES string of the molecule is NCC1(NC(=O)c2cc3cc([N+](=O)[O-])ccc3s2)CCCC1. The highest BCUT2D eigenvalue weighted by Gasteiger charge is 2.34. The fourth-order valence-corrected chi connectivity index (χ4v) is 3.93. The first-order chi connectivity index (χ1) is 10.5. The number of hydrogen-bond donors (Lipinski definition) is 2. The molecule has 2 aromatic rings. The van der Waals surface area contributed by atoms with Crippen LogP contribution < -0.4 is 11.1 Å². The summed E-state index contributed by atoms with van der Waals surface area (Å²) in [5.74, 6) is -0.142. The predicted molar refractivity (Wildman–Crippen MR) is 86.2 cm³/mol. The average molecular weight is 319 g/mol. The number of carbonyl (C=O) groups excluding carboxylic acids is 1. The summed E-state index contributed by atoms with van der Waals surface area (Å²) in [5, 5.41) is 14.6. The first-order valence-corrected chi connectivity index (χ1v) is 8.05. The van der Waals surface area contributed by atoms with Crippen LogP contribution in [0.3, 0.4) is 0 Å². The van der Waals surface area contributed by atoms with Gasteiger partial charge in [0.2, 0.25) is 0 Å². The van der Waals surface area contributed by atoms with Gasteiger partial charge >= 0.3 is 0 Å². The van der Waals surface area contributed by atoms with Crippen LogP contribution in [0.1, 0.15) is 35.4 Å². The van der Waals surface area contributed by atoms with E-state index in [2.05, 4.69) is 5.32 Å². The van der Waals surface area contributed by atoms with Crippen LogP contribution in [0.4, 0.5) is 5.69 Å². The fourth-order valence-electron chi connectivity index (χ4n) is 2.99. The van der Waals surface area contributed by atoms with Gasteiger partial charge in [-0.2, -0.15) is 0 Å². The Morgan fingerprint density at radius 2 is 2.09 bits per heavy atom. The van der Waals surface area contributed by atoms with E-state index in [1.54, 1.807) is 12.1 Å². The maximum atomic E-state index is 12.5. The van der Waals surface area contributed by atoms with Gasteiger partial charge in [-0.15, -0.1) is 11.3 Å². The Balaban J connectivity index is 1.86. The predicted octanol–water partition coefficient (Wildman–Crippen LogP) is 2.81. The molecule has 3 rings (SSSR count). The highest BCUT2D eigenvalue weighted by molar-refractivity contribution is 7.20. The van der Waals surface area contributed by atoms with Crippen molar-refractivity contribution >= 4 is 33.0 Å². The minimum Gasteiger partial charge on any atom is -0.345 e. The van der Waals surface area contributed by atoms with Gasteiger partial charge < -0.3 is 11.1 Å². The van der Waals surface area contributed by atoms with Gasteiger partial charge in [0.25, 0.3) is 11.6 Å².